The van der Waals surface area contributed by atoms with Crippen molar-refractivity contribution in [2.75, 3.05) is 7.11 Å². The average Bonchev–Trinajstić information content (AvgIpc) is 2.26. The standard InChI is InChI=1S/C13H20FNO/c1-8(2)9(3)13(15)11-6-5-10(16-4)7-12(11)14/h5-9,13H,15H2,1-4H3. The van der Waals surface area contributed by atoms with E-state index in [0.717, 1.165) is 0 Å². The molecule has 0 spiro atoms. The molecule has 2 unspecified atom stereocenters. The van der Waals surface area contributed by atoms with Crippen LogP contribution in [0.5, 0.6) is 5.75 Å². The monoisotopic (exact) mass is 225 g/mol. The van der Waals surface area contributed by atoms with Gasteiger partial charge >= 0.3 is 0 Å². The molecule has 90 valence electrons. The van der Waals surface area contributed by atoms with Crippen LogP contribution in [0.15, 0.2) is 18.2 Å². The second-order valence-corrected chi connectivity index (χ2v) is 4.52. The molecule has 0 amide bonds. The lowest BCUT2D eigenvalue weighted by molar-refractivity contribution is 0.344. The number of ether oxygens (including phenoxy) is 1. The Hall–Kier alpha value is -1.09. The second-order valence-electron chi connectivity index (χ2n) is 4.52. The third-order valence-corrected chi connectivity index (χ3v) is 3.18. The van der Waals surface area contributed by atoms with Crippen LogP contribution in [0.25, 0.3) is 0 Å². The van der Waals surface area contributed by atoms with Gasteiger partial charge in [0.2, 0.25) is 0 Å². The van der Waals surface area contributed by atoms with Crippen LogP contribution in [-0.4, -0.2) is 7.11 Å². The highest BCUT2D eigenvalue weighted by Crippen LogP contribution is 2.28. The summed E-state index contributed by atoms with van der Waals surface area (Å²) in [4.78, 5) is 0. The Morgan fingerprint density at radius 3 is 2.31 bits per heavy atom. The molecule has 1 rings (SSSR count). The van der Waals surface area contributed by atoms with Crippen LogP contribution in [0.2, 0.25) is 0 Å². The molecule has 3 heteroatoms. The van der Waals surface area contributed by atoms with Crippen LogP contribution in [0, 0.1) is 17.7 Å². The molecule has 0 aliphatic carbocycles. The summed E-state index contributed by atoms with van der Waals surface area (Å²) in [5.74, 6) is 0.893. The molecule has 0 bridgehead atoms. The van der Waals surface area contributed by atoms with Gasteiger partial charge in [0.05, 0.1) is 7.11 Å². The van der Waals surface area contributed by atoms with Crippen molar-refractivity contribution in [3.8, 4) is 5.75 Å². The molecule has 0 fully saturated rings. The predicted molar refractivity (Wildman–Crippen MR) is 63.9 cm³/mol. The molecule has 1 aromatic rings. The molecule has 0 radical (unpaired) electrons. The van der Waals surface area contributed by atoms with E-state index < -0.39 is 0 Å². The molecule has 0 aliphatic rings. The number of hydrogen-bond acceptors (Lipinski definition) is 2. The van der Waals surface area contributed by atoms with Gasteiger partial charge in [-0.15, -0.1) is 0 Å². The van der Waals surface area contributed by atoms with E-state index in [4.69, 9.17) is 10.5 Å². The first-order valence-corrected chi connectivity index (χ1v) is 5.56. The number of rotatable bonds is 4. The Bertz CT molecular complexity index is 352. The molecule has 2 N–H and O–H groups in total. The van der Waals surface area contributed by atoms with Crippen LogP contribution < -0.4 is 10.5 Å². The van der Waals surface area contributed by atoms with E-state index in [9.17, 15) is 4.39 Å². The highest BCUT2D eigenvalue weighted by molar-refractivity contribution is 5.31. The summed E-state index contributed by atoms with van der Waals surface area (Å²) < 4.78 is 18.7. The van der Waals surface area contributed by atoms with E-state index in [1.54, 1.807) is 12.1 Å². The summed E-state index contributed by atoms with van der Waals surface area (Å²) in [6, 6.07) is 4.55. The van der Waals surface area contributed by atoms with Crippen molar-refractivity contribution < 1.29 is 9.13 Å². The molecule has 0 aliphatic heterocycles. The summed E-state index contributed by atoms with van der Waals surface area (Å²) in [7, 11) is 1.52. The van der Waals surface area contributed by atoms with Crippen LogP contribution in [0.4, 0.5) is 4.39 Å². The lowest BCUT2D eigenvalue weighted by Gasteiger charge is -2.24. The van der Waals surface area contributed by atoms with Crippen molar-refractivity contribution in [2.24, 2.45) is 17.6 Å². The number of halogens is 1. The number of methoxy groups -OCH3 is 1. The number of benzene rings is 1. The van der Waals surface area contributed by atoms with Crippen molar-refractivity contribution in [1.82, 2.24) is 0 Å². The second kappa shape index (κ2) is 5.30. The van der Waals surface area contributed by atoms with Gasteiger partial charge in [-0.3, -0.25) is 0 Å². The van der Waals surface area contributed by atoms with Gasteiger partial charge in [-0.2, -0.15) is 0 Å². The lowest BCUT2D eigenvalue weighted by atomic mass is 9.86. The van der Waals surface area contributed by atoms with E-state index in [1.807, 2.05) is 6.92 Å². The maximum atomic E-state index is 13.8. The normalized spacial score (nSPS) is 14.9. The van der Waals surface area contributed by atoms with Crippen molar-refractivity contribution in [2.45, 2.75) is 26.8 Å². The van der Waals surface area contributed by atoms with Crippen molar-refractivity contribution in [3.63, 3.8) is 0 Å². The first kappa shape index (κ1) is 13.0. The minimum atomic E-state index is -0.292. The largest absolute Gasteiger partial charge is 0.497 e. The van der Waals surface area contributed by atoms with Gasteiger partial charge in [-0.05, 0) is 17.9 Å². The van der Waals surface area contributed by atoms with Crippen molar-refractivity contribution >= 4 is 0 Å². The first-order chi connectivity index (χ1) is 7.47. The summed E-state index contributed by atoms with van der Waals surface area (Å²) in [6.45, 7) is 6.22. The Balaban J connectivity index is 2.96. The fourth-order valence-corrected chi connectivity index (χ4v) is 1.60. The van der Waals surface area contributed by atoms with Gasteiger partial charge in [0.25, 0.3) is 0 Å². The third kappa shape index (κ3) is 2.73. The molecule has 0 saturated heterocycles. The van der Waals surface area contributed by atoms with E-state index in [0.29, 0.717) is 17.2 Å². The van der Waals surface area contributed by atoms with Crippen LogP contribution in [-0.2, 0) is 0 Å². The fourth-order valence-electron chi connectivity index (χ4n) is 1.60. The van der Waals surface area contributed by atoms with Crippen LogP contribution in [0.3, 0.4) is 0 Å². The zero-order valence-corrected chi connectivity index (χ0v) is 10.3. The zero-order chi connectivity index (χ0) is 12.3. The molecular formula is C13H20FNO. The number of hydrogen-bond donors (Lipinski definition) is 1. The molecule has 2 nitrogen and oxygen atoms in total. The van der Waals surface area contributed by atoms with E-state index in [-0.39, 0.29) is 17.8 Å². The van der Waals surface area contributed by atoms with Gasteiger partial charge in [0, 0.05) is 17.7 Å². The molecule has 0 heterocycles. The maximum Gasteiger partial charge on any atom is 0.131 e. The average molecular weight is 225 g/mol. The van der Waals surface area contributed by atoms with E-state index in [1.165, 1.54) is 13.2 Å². The highest BCUT2D eigenvalue weighted by atomic mass is 19.1. The van der Waals surface area contributed by atoms with E-state index in [2.05, 4.69) is 13.8 Å². The molecule has 2 atom stereocenters. The molecule has 0 aromatic heterocycles. The fraction of sp³-hybridized carbons (Fsp3) is 0.538. The maximum absolute atomic E-state index is 13.8. The topological polar surface area (TPSA) is 35.2 Å². The molecule has 1 aromatic carbocycles. The zero-order valence-electron chi connectivity index (χ0n) is 10.3. The van der Waals surface area contributed by atoms with Crippen molar-refractivity contribution in [1.29, 1.82) is 0 Å². The van der Waals surface area contributed by atoms with E-state index >= 15 is 0 Å². The number of nitrogens with two attached hydrogens (primary N) is 1. The molecular weight excluding hydrogens is 205 g/mol. The third-order valence-electron chi connectivity index (χ3n) is 3.18. The van der Waals surface area contributed by atoms with Gasteiger partial charge < -0.3 is 10.5 Å². The SMILES string of the molecule is COc1ccc(C(N)C(C)C(C)C)c(F)c1. The summed E-state index contributed by atoms with van der Waals surface area (Å²) in [6.07, 6.45) is 0. The van der Waals surface area contributed by atoms with Crippen LogP contribution >= 0.6 is 0 Å². The minimum absolute atomic E-state index is 0.239. The minimum Gasteiger partial charge on any atom is -0.497 e. The first-order valence-electron chi connectivity index (χ1n) is 5.56. The van der Waals surface area contributed by atoms with Crippen molar-refractivity contribution in [3.05, 3.63) is 29.6 Å². The summed E-state index contributed by atoms with van der Waals surface area (Å²) in [5.41, 5.74) is 6.61. The van der Waals surface area contributed by atoms with Crippen LogP contribution in [0.1, 0.15) is 32.4 Å². The lowest BCUT2D eigenvalue weighted by Crippen LogP contribution is -2.24. The van der Waals surface area contributed by atoms with Gasteiger partial charge in [-0.25, -0.2) is 4.39 Å². The summed E-state index contributed by atoms with van der Waals surface area (Å²) in [5, 5.41) is 0. The Morgan fingerprint density at radius 2 is 1.88 bits per heavy atom. The van der Waals surface area contributed by atoms with Gasteiger partial charge in [0.1, 0.15) is 11.6 Å². The predicted octanol–water partition coefficient (Wildman–Crippen LogP) is 3.13. The van der Waals surface area contributed by atoms with Gasteiger partial charge in [-0.1, -0.05) is 26.8 Å². The smallest absolute Gasteiger partial charge is 0.131 e. The molecule has 0 saturated carbocycles. The van der Waals surface area contributed by atoms with Gasteiger partial charge in [0.15, 0.2) is 0 Å². The summed E-state index contributed by atoms with van der Waals surface area (Å²) >= 11 is 0. The quantitative estimate of drug-likeness (QED) is 0.854. The Labute approximate surface area is 96.6 Å². The molecule has 16 heavy (non-hydrogen) atoms. The highest BCUT2D eigenvalue weighted by Gasteiger charge is 2.21. The Kier molecular flexibility index (Phi) is 4.30. The Morgan fingerprint density at radius 1 is 1.25 bits per heavy atom.